The fourth-order valence-electron chi connectivity index (χ4n) is 10.4. The number of unbranched alkanes of at least 4 members (excludes halogenated alkanes) is 6. The van der Waals surface area contributed by atoms with E-state index in [2.05, 4.69) is 41.2 Å². The molecule has 8 N–H and O–H groups in total. The molecular weight excluding hydrogens is 1050 g/mol. The maximum Gasteiger partial charge on any atom is 0.305 e. The summed E-state index contributed by atoms with van der Waals surface area (Å²) in [7, 11) is 3.39. The molecule has 0 spiro atoms. The zero-order valence-electron chi connectivity index (χ0n) is 46.8. The van der Waals surface area contributed by atoms with Gasteiger partial charge in [-0.15, -0.1) is 0 Å². The minimum absolute atomic E-state index is 0.134. The standard InChI is InChI=1S/C60H74N12O10/c1-38(56(78)62-27-13-5-7-15-29-72-35-42-31-40(22-24-44(42)64-50(60(72)82)33-55(76)77)58(80)70(3)37-52-67-47-18-10-11-19-48(47)68-52)20-25-53(73)61-26-12-4-6-14-28-71-34-41-30-39(21-23-43(41)63-49(59(71)81)32-54(74)75)57(79)69(2)36-51-65-45-16-8-9-17-46(45)66-51/h8-11,16-19,21-24,30-31,38,49-50,63-64H,4-7,12-15,20,25-29,32-37H2,1-3H3,(H,61,73)(H,62,78)(H,65,66)(H,67,68)(H,74,75)(H,76,77)/t38-,49?,50?/m0/s1. The van der Waals surface area contributed by atoms with Gasteiger partial charge in [0.2, 0.25) is 23.6 Å². The largest absolute Gasteiger partial charge is 0.481 e. The lowest BCUT2D eigenvalue weighted by Crippen LogP contribution is -2.42. The number of carbonyl (C=O) groups is 8. The summed E-state index contributed by atoms with van der Waals surface area (Å²) in [5.41, 5.74) is 6.85. The number of amides is 6. The van der Waals surface area contributed by atoms with E-state index in [0.29, 0.717) is 104 Å². The first-order valence-electron chi connectivity index (χ1n) is 28.2. The number of hydrogen-bond donors (Lipinski definition) is 8. The van der Waals surface area contributed by atoms with Crippen molar-refractivity contribution in [3.05, 3.63) is 119 Å². The van der Waals surface area contributed by atoms with E-state index in [4.69, 9.17) is 0 Å². The summed E-state index contributed by atoms with van der Waals surface area (Å²) in [4.78, 5) is 126. The van der Waals surface area contributed by atoms with E-state index >= 15 is 0 Å². The number of anilines is 2. The van der Waals surface area contributed by atoms with Crippen LogP contribution in [0.25, 0.3) is 22.1 Å². The Hall–Kier alpha value is -8.82. The third kappa shape index (κ3) is 16.0. The highest BCUT2D eigenvalue weighted by molar-refractivity contribution is 5.97. The fraction of sp³-hybridized carbons (Fsp3) is 0.433. The molecular formula is C60H74N12O10. The Morgan fingerprint density at radius 1 is 0.610 bits per heavy atom. The van der Waals surface area contributed by atoms with Crippen LogP contribution in [0.2, 0.25) is 0 Å². The maximum absolute atomic E-state index is 13.7. The predicted molar refractivity (Wildman–Crippen MR) is 308 cm³/mol. The van der Waals surface area contributed by atoms with Crippen molar-refractivity contribution < 1.29 is 48.6 Å². The van der Waals surface area contributed by atoms with Crippen molar-refractivity contribution in [2.24, 2.45) is 5.92 Å². The highest BCUT2D eigenvalue weighted by Crippen LogP contribution is 2.29. The van der Waals surface area contributed by atoms with Gasteiger partial charge in [0.05, 0.1) is 48.0 Å². The fourth-order valence-corrected chi connectivity index (χ4v) is 10.4. The van der Waals surface area contributed by atoms with Gasteiger partial charge in [0.25, 0.3) is 11.8 Å². The van der Waals surface area contributed by atoms with Crippen LogP contribution >= 0.6 is 0 Å². The number of H-pyrrole nitrogens is 2. The number of carboxylic acid groups (broad SMARTS) is 2. The number of aromatic nitrogens is 4. The molecule has 4 aromatic carbocycles. The molecule has 0 saturated carbocycles. The summed E-state index contributed by atoms with van der Waals surface area (Å²) < 4.78 is 0. The van der Waals surface area contributed by atoms with E-state index < -0.39 is 36.9 Å². The van der Waals surface area contributed by atoms with Gasteiger partial charge in [-0.1, -0.05) is 56.9 Å². The minimum atomic E-state index is -1.11. The monoisotopic (exact) mass is 1120 g/mol. The third-order valence-electron chi connectivity index (χ3n) is 15.0. The van der Waals surface area contributed by atoms with Gasteiger partial charge in [-0.2, -0.15) is 0 Å². The molecule has 22 nitrogen and oxygen atoms in total. The van der Waals surface area contributed by atoms with Gasteiger partial charge in [-0.05, 0) is 104 Å². The molecule has 2 unspecified atom stereocenters. The number of carbonyl (C=O) groups excluding carboxylic acids is 6. The van der Waals surface area contributed by atoms with E-state index in [1.807, 2.05) is 48.5 Å². The number of para-hydroxylation sites is 4. The van der Waals surface area contributed by atoms with Gasteiger partial charge < -0.3 is 61.0 Å². The van der Waals surface area contributed by atoms with E-state index in [0.717, 1.165) is 47.8 Å². The highest BCUT2D eigenvalue weighted by Gasteiger charge is 2.33. The molecule has 434 valence electrons. The number of aliphatic carboxylic acids is 2. The molecule has 6 aromatic rings. The summed E-state index contributed by atoms with van der Waals surface area (Å²) in [6, 6.07) is 23.6. The van der Waals surface area contributed by atoms with Gasteiger partial charge in [0.1, 0.15) is 23.7 Å². The molecule has 0 bridgehead atoms. The number of nitrogens with one attached hydrogen (secondary N) is 6. The zero-order chi connectivity index (χ0) is 58.3. The number of rotatable bonds is 28. The maximum atomic E-state index is 13.7. The van der Waals surface area contributed by atoms with Crippen molar-refractivity contribution in [1.82, 2.24) is 50.2 Å². The summed E-state index contributed by atoms with van der Waals surface area (Å²) in [5, 5.41) is 31.4. The van der Waals surface area contributed by atoms with Crippen molar-refractivity contribution in [3.63, 3.8) is 0 Å². The summed E-state index contributed by atoms with van der Waals surface area (Å²) in [5.74, 6) is -2.67. The number of nitrogens with zero attached hydrogens (tertiary/aromatic N) is 6. The third-order valence-corrected chi connectivity index (χ3v) is 15.0. The second-order valence-corrected chi connectivity index (χ2v) is 21.5. The van der Waals surface area contributed by atoms with E-state index in [1.165, 1.54) is 0 Å². The molecule has 0 saturated heterocycles. The van der Waals surface area contributed by atoms with Gasteiger partial charge >= 0.3 is 11.9 Å². The summed E-state index contributed by atoms with van der Waals surface area (Å²) >= 11 is 0. The number of hydrogen-bond acceptors (Lipinski definition) is 12. The number of fused-ring (bicyclic) bond motifs is 4. The first-order valence-corrected chi connectivity index (χ1v) is 28.2. The number of imidazole rings is 2. The Balaban J connectivity index is 0.700. The van der Waals surface area contributed by atoms with Gasteiger partial charge in [-0.25, -0.2) is 9.97 Å². The molecule has 2 aliphatic rings. The van der Waals surface area contributed by atoms with Crippen molar-refractivity contribution in [1.29, 1.82) is 0 Å². The molecule has 3 atom stereocenters. The first-order chi connectivity index (χ1) is 39.5. The molecule has 0 fully saturated rings. The van der Waals surface area contributed by atoms with Crippen LogP contribution in [-0.4, -0.2) is 149 Å². The summed E-state index contributed by atoms with van der Waals surface area (Å²) in [6.45, 7) is 4.42. The Labute approximate surface area is 475 Å². The number of carboxylic acids is 2. The Morgan fingerprint density at radius 3 is 1.50 bits per heavy atom. The molecule has 82 heavy (non-hydrogen) atoms. The van der Waals surface area contributed by atoms with Crippen LogP contribution in [0.1, 0.15) is 127 Å². The average Bonchev–Trinajstić information content (AvgIpc) is 4.25. The Kier molecular flexibility index (Phi) is 20.3. The lowest BCUT2D eigenvalue weighted by molar-refractivity contribution is -0.141. The lowest BCUT2D eigenvalue weighted by atomic mass is 10.0. The quantitative estimate of drug-likeness (QED) is 0.0239. The van der Waals surface area contributed by atoms with Crippen molar-refractivity contribution in [2.45, 2.75) is 122 Å². The topological polar surface area (TPSA) is 295 Å². The summed E-state index contributed by atoms with van der Waals surface area (Å²) in [6.07, 6.45) is 5.63. The SMILES string of the molecule is C[C@@H](CCC(=O)NCCCCCCN1Cc2cc(C(=O)N(C)Cc3nc4ccccc4[nH]3)ccc2NC(CC(=O)O)C1=O)C(=O)NCCCCCCN1Cc2cc(C(=O)N(C)Cc3nc4ccccc4[nH]3)ccc2NC(CC(=O)O)C1=O. The minimum Gasteiger partial charge on any atom is -0.481 e. The molecule has 0 aliphatic carbocycles. The second-order valence-electron chi connectivity index (χ2n) is 21.5. The van der Waals surface area contributed by atoms with Crippen LogP contribution in [-0.2, 0) is 54.9 Å². The normalized spacial score (nSPS) is 15.4. The Bertz CT molecular complexity index is 3220. The second kappa shape index (κ2) is 28.1. The van der Waals surface area contributed by atoms with Crippen molar-refractivity contribution in [3.8, 4) is 0 Å². The molecule has 8 rings (SSSR count). The van der Waals surface area contributed by atoms with E-state index in [9.17, 15) is 48.6 Å². The first kappa shape index (κ1) is 59.3. The Morgan fingerprint density at radius 2 is 1.05 bits per heavy atom. The number of aromatic amines is 2. The zero-order valence-corrected chi connectivity index (χ0v) is 46.8. The molecule has 6 amide bonds. The smallest absolute Gasteiger partial charge is 0.305 e. The number of benzene rings is 4. The lowest BCUT2D eigenvalue weighted by Gasteiger charge is -2.24. The van der Waals surface area contributed by atoms with Crippen molar-refractivity contribution in [2.75, 3.05) is 50.9 Å². The van der Waals surface area contributed by atoms with Crippen molar-refractivity contribution >= 4 is 80.8 Å². The molecule has 4 heterocycles. The van der Waals surface area contributed by atoms with E-state index in [1.54, 1.807) is 77.0 Å². The van der Waals surface area contributed by atoms with Crippen LogP contribution in [0, 0.1) is 5.92 Å². The molecule has 22 heteroatoms. The van der Waals surface area contributed by atoms with Gasteiger partial charge in [0.15, 0.2) is 0 Å². The average molecular weight is 1120 g/mol. The highest BCUT2D eigenvalue weighted by atomic mass is 16.4. The predicted octanol–water partition coefficient (Wildman–Crippen LogP) is 6.65. The van der Waals surface area contributed by atoms with Crippen LogP contribution in [0.3, 0.4) is 0 Å². The molecule has 2 aromatic heterocycles. The molecule has 2 aliphatic heterocycles. The van der Waals surface area contributed by atoms with Crippen LogP contribution in [0.15, 0.2) is 84.9 Å². The van der Waals surface area contributed by atoms with Crippen LogP contribution < -0.4 is 21.3 Å². The van der Waals surface area contributed by atoms with Crippen LogP contribution in [0.5, 0.6) is 0 Å². The molecule has 0 radical (unpaired) electrons. The van der Waals surface area contributed by atoms with E-state index in [-0.39, 0.29) is 74.0 Å². The van der Waals surface area contributed by atoms with Crippen LogP contribution in [0.4, 0.5) is 11.4 Å². The van der Waals surface area contributed by atoms with Gasteiger partial charge in [0, 0.05) is 88.2 Å². The van der Waals surface area contributed by atoms with Gasteiger partial charge in [-0.3, -0.25) is 38.4 Å².